The maximum absolute atomic E-state index is 12.2. The van der Waals surface area contributed by atoms with Crippen molar-refractivity contribution in [3.8, 4) is 0 Å². The van der Waals surface area contributed by atoms with Crippen LogP contribution in [0, 0.1) is 0 Å². The van der Waals surface area contributed by atoms with Gasteiger partial charge in [0.2, 0.25) is 11.6 Å². The van der Waals surface area contributed by atoms with E-state index in [1.807, 2.05) is 57.5 Å². The van der Waals surface area contributed by atoms with Crippen LogP contribution in [0.2, 0.25) is 0 Å². The van der Waals surface area contributed by atoms with E-state index < -0.39 is 31.1 Å². The van der Waals surface area contributed by atoms with Gasteiger partial charge in [0.05, 0.1) is 15.2 Å². The molecule has 2 aliphatic rings. The summed E-state index contributed by atoms with van der Waals surface area (Å²) in [7, 11) is -7.41. The molecule has 1 N–H and O–H groups in total. The first kappa shape index (κ1) is 41.1. The van der Waals surface area contributed by atoms with Crippen molar-refractivity contribution in [2.24, 2.45) is 5.11 Å². The molecular weight excluding hydrogens is 696 g/mol. The fraction of sp³-hybridized carbons (Fsp3) is 0.455. The summed E-state index contributed by atoms with van der Waals surface area (Å²) in [5.41, 5.74) is 11.9. The van der Waals surface area contributed by atoms with Crippen molar-refractivity contribution in [1.82, 2.24) is 5.32 Å². The zero-order chi connectivity index (χ0) is 35.5. The third-order valence-corrected chi connectivity index (χ3v) is 10.7. The number of amides is 1. The van der Waals surface area contributed by atoms with E-state index in [2.05, 4.69) is 20.2 Å². The summed E-state index contributed by atoms with van der Waals surface area (Å²) in [6, 6.07) is 8.82. The molecule has 2 aliphatic heterocycles. The summed E-state index contributed by atoms with van der Waals surface area (Å²) < 4.78 is 72.8. The van der Waals surface area contributed by atoms with Crippen molar-refractivity contribution in [2.75, 3.05) is 31.6 Å². The smallest absolute Gasteiger partial charge is 0.744 e. The van der Waals surface area contributed by atoms with Gasteiger partial charge in [0.1, 0.15) is 27.3 Å². The van der Waals surface area contributed by atoms with Gasteiger partial charge >= 0.3 is 51.4 Å². The number of allylic oxidation sites excluding steroid dienone is 4. The molecule has 0 saturated heterocycles. The average Bonchev–Trinajstić information content (AvgIpc) is 3.33. The standard InChI is InChI=1S/C33H42N6O7S2.K/c1-32(2)25-21-23(47(41,42)43)14-16-27(25)38(5)29(32)11-9-12-30-33(3,4)26-22-24(48(44,45)46)15-17-28(26)39(30)20-8-6-7-13-31(40)35-18-10-19-36-37-34;/h9,11-12,14-17,21-22H,6-8,10,13,18-20H2,1-5H3,(H2-,35,40,41,42,43,44,45,46);/q;+1/p-1. The van der Waals surface area contributed by atoms with Crippen LogP contribution in [-0.2, 0) is 35.9 Å². The first-order valence-electron chi connectivity index (χ1n) is 15.7. The van der Waals surface area contributed by atoms with Crippen LogP contribution in [0.25, 0.3) is 10.4 Å². The minimum Gasteiger partial charge on any atom is -0.744 e. The fourth-order valence-electron chi connectivity index (χ4n) is 6.50. The average molecular weight is 737 g/mol. The number of nitrogens with one attached hydrogen (secondary N) is 1. The van der Waals surface area contributed by atoms with Crippen LogP contribution in [0.15, 0.2) is 75.2 Å². The Kier molecular flexibility index (Phi) is 13.7. The first-order valence-corrected chi connectivity index (χ1v) is 18.5. The number of anilines is 1. The van der Waals surface area contributed by atoms with E-state index in [1.165, 1.54) is 24.3 Å². The zero-order valence-electron chi connectivity index (χ0n) is 28.8. The molecule has 0 saturated carbocycles. The number of nitrogens with zero attached hydrogens (tertiary/aromatic N) is 5. The quantitative estimate of drug-likeness (QED) is 0.0579. The minimum atomic E-state index is -4.67. The van der Waals surface area contributed by atoms with Gasteiger partial charge in [-0.1, -0.05) is 31.5 Å². The second-order valence-corrected chi connectivity index (χ2v) is 15.8. The molecule has 4 rings (SSSR count). The minimum absolute atomic E-state index is 0. The van der Waals surface area contributed by atoms with Gasteiger partial charge in [0, 0.05) is 65.5 Å². The Bertz CT molecular complexity index is 1970. The SMILES string of the molecule is C[N+]1=C(C=CC=C2N(CCCCCC(=O)NCCCN=[N+]=[N-])c3ccc(S(=O)(=O)[O-])cc3C2(C)C)C(C)(C)c2cc(S(=O)(=O)[O-])ccc21.[K+]. The second kappa shape index (κ2) is 16.3. The van der Waals surface area contributed by atoms with Gasteiger partial charge < -0.3 is 19.3 Å². The molecule has 0 radical (unpaired) electrons. The molecule has 16 heteroatoms. The van der Waals surface area contributed by atoms with Gasteiger partial charge in [-0.25, -0.2) is 16.8 Å². The Morgan fingerprint density at radius 2 is 1.59 bits per heavy atom. The maximum atomic E-state index is 12.2. The Balaban J connectivity index is 0.00000650. The van der Waals surface area contributed by atoms with Crippen LogP contribution < -0.4 is 61.6 Å². The Hall–Kier alpha value is -2.37. The summed E-state index contributed by atoms with van der Waals surface area (Å²) in [4.78, 5) is 16.4. The van der Waals surface area contributed by atoms with E-state index >= 15 is 0 Å². The van der Waals surface area contributed by atoms with Crippen molar-refractivity contribution in [1.29, 1.82) is 0 Å². The number of carbonyl (C=O) groups is 1. The molecule has 0 unspecified atom stereocenters. The summed E-state index contributed by atoms with van der Waals surface area (Å²) in [5, 5.41) is 6.27. The molecule has 49 heavy (non-hydrogen) atoms. The first-order chi connectivity index (χ1) is 22.4. The molecule has 0 atom stereocenters. The van der Waals surface area contributed by atoms with Crippen molar-refractivity contribution < 1.29 is 86.7 Å². The molecular formula is C33H41KN6O7S2. The largest absolute Gasteiger partial charge is 1.00 e. The fourth-order valence-corrected chi connectivity index (χ4v) is 7.49. The zero-order valence-corrected chi connectivity index (χ0v) is 33.5. The monoisotopic (exact) mass is 736 g/mol. The molecule has 0 aromatic heterocycles. The van der Waals surface area contributed by atoms with Gasteiger partial charge in [-0.2, -0.15) is 4.58 Å². The molecule has 2 aromatic carbocycles. The molecule has 2 aromatic rings. The van der Waals surface area contributed by atoms with Crippen molar-refractivity contribution in [3.63, 3.8) is 0 Å². The third kappa shape index (κ3) is 9.30. The number of benzene rings is 2. The van der Waals surface area contributed by atoms with Crippen LogP contribution in [0.3, 0.4) is 0 Å². The maximum Gasteiger partial charge on any atom is 1.00 e. The normalized spacial score (nSPS) is 17.1. The van der Waals surface area contributed by atoms with Crippen LogP contribution in [0.4, 0.5) is 11.4 Å². The van der Waals surface area contributed by atoms with Crippen molar-refractivity contribution in [2.45, 2.75) is 80.4 Å². The number of rotatable bonds is 14. The van der Waals surface area contributed by atoms with E-state index in [-0.39, 0.29) is 67.1 Å². The van der Waals surface area contributed by atoms with Crippen LogP contribution in [-0.4, -0.2) is 68.8 Å². The number of fused-ring (bicyclic) bond motifs is 2. The van der Waals surface area contributed by atoms with Crippen LogP contribution >= 0.6 is 0 Å². The van der Waals surface area contributed by atoms with Crippen LogP contribution in [0.5, 0.6) is 0 Å². The van der Waals surface area contributed by atoms with Crippen molar-refractivity contribution in [3.05, 3.63) is 81.9 Å². The van der Waals surface area contributed by atoms with Crippen LogP contribution in [0.1, 0.15) is 70.9 Å². The van der Waals surface area contributed by atoms with Gasteiger partial charge in [-0.3, -0.25) is 4.79 Å². The van der Waals surface area contributed by atoms with Gasteiger partial charge in [0.25, 0.3) is 0 Å². The molecule has 0 fully saturated rings. The molecule has 1 amide bonds. The van der Waals surface area contributed by atoms with E-state index in [0.717, 1.165) is 41.2 Å². The number of azide groups is 1. The number of hydrogen-bond donors (Lipinski definition) is 1. The molecule has 13 nitrogen and oxygen atoms in total. The third-order valence-electron chi connectivity index (χ3n) is 9.06. The summed E-state index contributed by atoms with van der Waals surface area (Å²) in [5.74, 6) is -0.0639. The molecule has 2 heterocycles. The predicted molar refractivity (Wildman–Crippen MR) is 180 cm³/mol. The number of unbranched alkanes of at least 4 members (excludes halogenated alkanes) is 2. The molecule has 258 valence electrons. The Morgan fingerprint density at radius 1 is 0.959 bits per heavy atom. The Labute approximate surface area is 331 Å². The van der Waals surface area contributed by atoms with Gasteiger partial charge in [0.15, 0.2) is 5.71 Å². The van der Waals surface area contributed by atoms with Gasteiger partial charge in [-0.05, 0) is 80.6 Å². The van der Waals surface area contributed by atoms with Gasteiger partial charge in [-0.15, -0.1) is 0 Å². The Morgan fingerprint density at radius 3 is 2.22 bits per heavy atom. The topological polar surface area (TPSA) is 199 Å². The predicted octanol–water partition coefficient (Wildman–Crippen LogP) is 2.12. The number of hydrogen-bond acceptors (Lipinski definition) is 9. The molecule has 0 bridgehead atoms. The molecule has 0 aliphatic carbocycles. The second-order valence-electron chi connectivity index (χ2n) is 13.0. The van der Waals surface area contributed by atoms with E-state index in [0.29, 0.717) is 44.5 Å². The van der Waals surface area contributed by atoms with E-state index in [9.17, 15) is 30.7 Å². The van der Waals surface area contributed by atoms with E-state index in [4.69, 9.17) is 5.53 Å². The van der Waals surface area contributed by atoms with E-state index in [1.54, 1.807) is 12.1 Å². The summed E-state index contributed by atoms with van der Waals surface area (Å²) in [6.07, 6.45) is 8.93. The summed E-state index contributed by atoms with van der Waals surface area (Å²) in [6.45, 7) is 9.22. The van der Waals surface area contributed by atoms with Crippen molar-refractivity contribution >= 4 is 43.2 Å². The number of carbonyl (C=O) groups excluding carboxylic acids is 1. The molecule has 0 spiro atoms. The summed E-state index contributed by atoms with van der Waals surface area (Å²) >= 11 is 0.